The van der Waals surface area contributed by atoms with Crippen molar-refractivity contribution in [2.24, 2.45) is 7.05 Å². The smallest absolute Gasteiger partial charge is 0.248 e. The van der Waals surface area contributed by atoms with Gasteiger partial charge in [0.25, 0.3) is 0 Å². The Hall–Kier alpha value is -2.86. The third kappa shape index (κ3) is 4.33. The molecule has 3 aromatic rings. The molecule has 5 nitrogen and oxygen atoms in total. The summed E-state index contributed by atoms with van der Waals surface area (Å²) in [7, 11) is 1.96. The summed E-state index contributed by atoms with van der Waals surface area (Å²) in [5, 5.41) is 3.75. The average molecular weight is 336 g/mol. The Morgan fingerprint density at radius 1 is 1.12 bits per heavy atom. The molecule has 6 heteroatoms. The van der Waals surface area contributed by atoms with E-state index < -0.39 is 0 Å². The molecule has 0 radical (unpaired) electrons. The van der Waals surface area contributed by atoms with Gasteiger partial charge in [0.15, 0.2) is 5.16 Å². The number of amides is 1. The van der Waals surface area contributed by atoms with Crippen LogP contribution in [0.2, 0.25) is 0 Å². The van der Waals surface area contributed by atoms with Crippen LogP contribution in [0.3, 0.4) is 0 Å². The standard InChI is InChI=1S/C18H16N4OS/c1-22-13-12-20-18(22)24-16-8-5-15(6-9-16)21-17(23)10-7-14-4-2-3-11-19-14/h2-13H,1H3,(H,21,23). The van der Waals surface area contributed by atoms with Gasteiger partial charge in [0, 0.05) is 42.3 Å². The summed E-state index contributed by atoms with van der Waals surface area (Å²) in [6, 6.07) is 13.2. The molecule has 0 saturated heterocycles. The molecule has 0 spiro atoms. The number of aromatic nitrogens is 3. The van der Waals surface area contributed by atoms with Crippen LogP contribution in [0.25, 0.3) is 6.08 Å². The van der Waals surface area contributed by atoms with Gasteiger partial charge in [-0.05, 0) is 42.5 Å². The van der Waals surface area contributed by atoms with Crippen molar-refractivity contribution in [2.75, 3.05) is 5.32 Å². The van der Waals surface area contributed by atoms with Crippen LogP contribution in [0, 0.1) is 0 Å². The first-order valence-electron chi connectivity index (χ1n) is 7.36. The SMILES string of the molecule is Cn1ccnc1Sc1ccc(NC(=O)C=Cc2ccccn2)cc1. The third-order valence-electron chi connectivity index (χ3n) is 3.20. The lowest BCUT2D eigenvalue weighted by atomic mass is 10.3. The van der Waals surface area contributed by atoms with Crippen molar-refractivity contribution in [3.63, 3.8) is 0 Å². The summed E-state index contributed by atoms with van der Waals surface area (Å²) in [6.45, 7) is 0. The van der Waals surface area contributed by atoms with Crippen LogP contribution in [-0.4, -0.2) is 20.4 Å². The van der Waals surface area contributed by atoms with E-state index in [9.17, 15) is 4.79 Å². The minimum Gasteiger partial charge on any atom is -0.329 e. The number of benzene rings is 1. The lowest BCUT2D eigenvalue weighted by molar-refractivity contribution is -0.111. The van der Waals surface area contributed by atoms with Crippen molar-refractivity contribution in [1.29, 1.82) is 0 Å². The highest BCUT2D eigenvalue weighted by Crippen LogP contribution is 2.26. The van der Waals surface area contributed by atoms with Gasteiger partial charge in [-0.25, -0.2) is 4.98 Å². The maximum Gasteiger partial charge on any atom is 0.248 e. The number of nitrogens with zero attached hydrogens (tertiary/aromatic N) is 3. The summed E-state index contributed by atoms with van der Waals surface area (Å²) < 4.78 is 1.96. The molecule has 0 saturated carbocycles. The molecule has 1 amide bonds. The zero-order chi connectivity index (χ0) is 16.8. The van der Waals surface area contributed by atoms with Crippen LogP contribution in [0.4, 0.5) is 5.69 Å². The lowest BCUT2D eigenvalue weighted by Gasteiger charge is -2.05. The van der Waals surface area contributed by atoms with Crippen molar-refractivity contribution in [2.45, 2.75) is 10.1 Å². The fourth-order valence-electron chi connectivity index (χ4n) is 1.98. The van der Waals surface area contributed by atoms with Crippen molar-refractivity contribution < 1.29 is 4.79 Å². The first-order chi connectivity index (χ1) is 11.7. The molecular weight excluding hydrogens is 320 g/mol. The molecule has 1 N–H and O–H groups in total. The van der Waals surface area contributed by atoms with E-state index in [1.54, 1.807) is 30.2 Å². The van der Waals surface area contributed by atoms with Crippen LogP contribution in [0.5, 0.6) is 0 Å². The van der Waals surface area contributed by atoms with Gasteiger partial charge in [0.2, 0.25) is 5.91 Å². The molecule has 120 valence electrons. The van der Waals surface area contributed by atoms with E-state index in [-0.39, 0.29) is 5.91 Å². The number of nitrogens with one attached hydrogen (secondary N) is 1. The largest absolute Gasteiger partial charge is 0.329 e. The first kappa shape index (κ1) is 16.0. The van der Waals surface area contributed by atoms with Gasteiger partial charge in [-0.1, -0.05) is 17.8 Å². The maximum atomic E-state index is 11.9. The van der Waals surface area contributed by atoms with Gasteiger partial charge in [-0.2, -0.15) is 0 Å². The van der Waals surface area contributed by atoms with Crippen LogP contribution in [0.15, 0.2) is 77.2 Å². The van der Waals surface area contributed by atoms with Crippen LogP contribution >= 0.6 is 11.8 Å². The molecule has 24 heavy (non-hydrogen) atoms. The quantitative estimate of drug-likeness (QED) is 0.723. The number of pyridine rings is 1. The molecule has 0 fully saturated rings. The van der Waals surface area contributed by atoms with E-state index in [1.807, 2.05) is 60.3 Å². The summed E-state index contributed by atoms with van der Waals surface area (Å²) in [5.74, 6) is -0.190. The summed E-state index contributed by atoms with van der Waals surface area (Å²) >= 11 is 1.57. The summed E-state index contributed by atoms with van der Waals surface area (Å²) in [4.78, 5) is 21.4. The van der Waals surface area contributed by atoms with Crippen LogP contribution < -0.4 is 5.32 Å². The number of aryl methyl sites for hydroxylation is 1. The normalized spacial score (nSPS) is 10.9. The van der Waals surface area contributed by atoms with Crippen molar-refractivity contribution in [1.82, 2.24) is 14.5 Å². The number of anilines is 1. The number of rotatable bonds is 5. The second kappa shape index (κ2) is 7.61. The van der Waals surface area contributed by atoms with Gasteiger partial charge < -0.3 is 9.88 Å². The van der Waals surface area contributed by atoms with Crippen LogP contribution in [0.1, 0.15) is 5.69 Å². The number of hydrogen-bond acceptors (Lipinski definition) is 4. The maximum absolute atomic E-state index is 11.9. The molecule has 3 rings (SSSR count). The van der Waals surface area contributed by atoms with E-state index >= 15 is 0 Å². The van der Waals surface area contributed by atoms with Crippen molar-refractivity contribution >= 4 is 29.4 Å². The van der Waals surface area contributed by atoms with E-state index in [0.717, 1.165) is 21.4 Å². The Bertz CT molecular complexity index is 841. The molecule has 0 bridgehead atoms. The number of imidazole rings is 1. The molecule has 0 aliphatic heterocycles. The molecule has 0 atom stereocenters. The highest BCUT2D eigenvalue weighted by atomic mass is 32.2. The summed E-state index contributed by atoms with van der Waals surface area (Å²) in [5.41, 5.74) is 1.49. The minimum absolute atomic E-state index is 0.190. The Kier molecular flexibility index (Phi) is 5.08. The van der Waals surface area contributed by atoms with Crippen LogP contribution in [-0.2, 0) is 11.8 Å². The van der Waals surface area contributed by atoms with Gasteiger partial charge in [-0.3, -0.25) is 9.78 Å². The predicted molar refractivity (Wildman–Crippen MR) is 95.7 cm³/mol. The average Bonchev–Trinajstić information content (AvgIpc) is 3.01. The van der Waals surface area contributed by atoms with E-state index in [4.69, 9.17) is 0 Å². The van der Waals surface area contributed by atoms with Gasteiger partial charge in [0.1, 0.15) is 0 Å². The van der Waals surface area contributed by atoms with E-state index in [2.05, 4.69) is 15.3 Å². The molecular formula is C18H16N4OS. The third-order valence-corrected chi connectivity index (χ3v) is 4.29. The number of carbonyl (C=O) groups is 1. The Labute approximate surface area is 144 Å². The molecule has 0 unspecified atom stereocenters. The van der Waals surface area contributed by atoms with E-state index in [0.29, 0.717) is 0 Å². The Balaban J connectivity index is 1.59. The molecule has 0 aliphatic rings. The molecule has 0 aliphatic carbocycles. The first-order valence-corrected chi connectivity index (χ1v) is 8.18. The highest BCUT2D eigenvalue weighted by molar-refractivity contribution is 7.99. The topological polar surface area (TPSA) is 59.8 Å². The van der Waals surface area contributed by atoms with Crippen molar-refractivity contribution in [3.8, 4) is 0 Å². The monoisotopic (exact) mass is 336 g/mol. The highest BCUT2D eigenvalue weighted by Gasteiger charge is 2.03. The Morgan fingerprint density at radius 2 is 1.96 bits per heavy atom. The molecule has 2 aromatic heterocycles. The predicted octanol–water partition coefficient (Wildman–Crippen LogP) is 3.62. The van der Waals surface area contributed by atoms with Crippen molar-refractivity contribution in [3.05, 3.63) is 72.8 Å². The van der Waals surface area contributed by atoms with E-state index in [1.165, 1.54) is 6.08 Å². The molecule has 1 aromatic carbocycles. The molecule has 2 heterocycles. The summed E-state index contributed by atoms with van der Waals surface area (Å²) in [6.07, 6.45) is 8.52. The fourth-order valence-corrected chi connectivity index (χ4v) is 2.78. The minimum atomic E-state index is -0.190. The zero-order valence-electron chi connectivity index (χ0n) is 13.1. The number of carbonyl (C=O) groups excluding carboxylic acids is 1. The fraction of sp³-hybridized carbons (Fsp3) is 0.0556. The second-order valence-corrected chi connectivity index (χ2v) is 6.07. The van der Waals surface area contributed by atoms with Gasteiger partial charge >= 0.3 is 0 Å². The Morgan fingerprint density at radius 3 is 2.62 bits per heavy atom. The van der Waals surface area contributed by atoms with Gasteiger partial charge in [-0.15, -0.1) is 0 Å². The second-order valence-electron chi connectivity index (χ2n) is 5.02. The lowest BCUT2D eigenvalue weighted by Crippen LogP contribution is -2.07. The van der Waals surface area contributed by atoms with Gasteiger partial charge in [0.05, 0.1) is 5.69 Å². The number of hydrogen-bond donors (Lipinski definition) is 1. The zero-order valence-corrected chi connectivity index (χ0v) is 13.9.